The Hall–Kier alpha value is -0.840. The first-order valence-corrected chi connectivity index (χ1v) is 7.13. The molecule has 0 bridgehead atoms. The van der Waals surface area contributed by atoms with E-state index in [4.69, 9.17) is 4.74 Å². The highest BCUT2D eigenvalue weighted by atomic mass is 79.9. The first-order chi connectivity index (χ1) is 8.77. The van der Waals surface area contributed by atoms with E-state index in [1.165, 1.54) is 21.2 Å². The van der Waals surface area contributed by atoms with Gasteiger partial charge >= 0.3 is 0 Å². The molecule has 1 fully saturated rings. The van der Waals surface area contributed by atoms with Gasteiger partial charge in [0.15, 0.2) is 0 Å². The molecular weight excluding hydrogens is 292 g/mol. The molecule has 0 aromatic carbocycles. The van der Waals surface area contributed by atoms with Crippen molar-refractivity contribution in [2.75, 3.05) is 19.7 Å². The number of halogens is 1. The fourth-order valence-electron chi connectivity index (χ4n) is 2.57. The number of aromatic nitrogens is 1. The van der Waals surface area contributed by atoms with Crippen molar-refractivity contribution in [3.05, 3.63) is 40.1 Å². The zero-order valence-corrected chi connectivity index (χ0v) is 12.0. The molecule has 3 heterocycles. The minimum Gasteiger partial charge on any atom is -0.375 e. The van der Waals surface area contributed by atoms with E-state index in [1.807, 2.05) is 0 Å². The lowest BCUT2D eigenvalue weighted by Gasteiger charge is -2.23. The zero-order valence-electron chi connectivity index (χ0n) is 10.4. The van der Waals surface area contributed by atoms with Gasteiger partial charge in [-0.05, 0) is 40.5 Å². The van der Waals surface area contributed by atoms with E-state index in [9.17, 15) is 0 Å². The van der Waals surface area contributed by atoms with Crippen molar-refractivity contribution in [3.8, 4) is 0 Å². The maximum atomic E-state index is 5.80. The highest BCUT2D eigenvalue weighted by molar-refractivity contribution is 9.10. The number of nitrogens with one attached hydrogen (secondary N) is 1. The van der Waals surface area contributed by atoms with Gasteiger partial charge in [0, 0.05) is 35.9 Å². The second-order valence-electron chi connectivity index (χ2n) is 4.74. The molecule has 1 aliphatic heterocycles. The molecule has 1 saturated heterocycles. The summed E-state index contributed by atoms with van der Waals surface area (Å²) < 4.78 is 9.26. The highest BCUT2D eigenvalue weighted by Gasteiger charge is 2.19. The molecule has 4 heteroatoms. The summed E-state index contributed by atoms with van der Waals surface area (Å²) in [5.74, 6) is 0. The van der Waals surface area contributed by atoms with Crippen LogP contribution >= 0.6 is 15.9 Å². The van der Waals surface area contributed by atoms with Crippen molar-refractivity contribution >= 4 is 21.4 Å². The highest BCUT2D eigenvalue weighted by Crippen LogP contribution is 2.29. The molecule has 1 aliphatic rings. The third kappa shape index (κ3) is 2.09. The van der Waals surface area contributed by atoms with Crippen LogP contribution in [0.1, 0.15) is 11.3 Å². The molecule has 3 nitrogen and oxygen atoms in total. The third-order valence-electron chi connectivity index (χ3n) is 3.56. The van der Waals surface area contributed by atoms with Gasteiger partial charge in [0.1, 0.15) is 0 Å². The molecule has 18 heavy (non-hydrogen) atoms. The summed E-state index contributed by atoms with van der Waals surface area (Å²) in [5.41, 5.74) is 3.88. The van der Waals surface area contributed by atoms with Crippen molar-refractivity contribution in [1.82, 2.24) is 9.72 Å². The fourth-order valence-corrected chi connectivity index (χ4v) is 3.13. The van der Waals surface area contributed by atoms with E-state index in [0.29, 0.717) is 0 Å². The summed E-state index contributed by atoms with van der Waals surface area (Å²) >= 11 is 3.69. The number of fused-ring (bicyclic) bond motifs is 1. The maximum absolute atomic E-state index is 5.80. The maximum Gasteiger partial charge on any atom is 0.0754 e. The smallest absolute Gasteiger partial charge is 0.0754 e. The van der Waals surface area contributed by atoms with Crippen LogP contribution in [-0.2, 0) is 11.2 Å². The second kappa shape index (κ2) is 5.03. The van der Waals surface area contributed by atoms with Crippen molar-refractivity contribution < 1.29 is 4.74 Å². The Morgan fingerprint density at radius 1 is 1.50 bits per heavy atom. The summed E-state index contributed by atoms with van der Waals surface area (Å²) in [7, 11) is 0. The molecule has 0 radical (unpaired) electrons. The molecule has 0 spiro atoms. The molecule has 1 atom stereocenters. The normalized spacial score (nSPS) is 20.4. The number of hydrogen-bond acceptors (Lipinski definition) is 2. The summed E-state index contributed by atoms with van der Waals surface area (Å²) in [6, 6.07) is 6.28. The van der Waals surface area contributed by atoms with Crippen LogP contribution in [-0.4, -0.2) is 30.2 Å². The van der Waals surface area contributed by atoms with Crippen molar-refractivity contribution in [2.24, 2.45) is 0 Å². The summed E-state index contributed by atoms with van der Waals surface area (Å²) in [4.78, 5) is 0. The van der Waals surface area contributed by atoms with Gasteiger partial charge in [-0.3, -0.25) is 0 Å². The van der Waals surface area contributed by atoms with Crippen LogP contribution in [0.3, 0.4) is 0 Å². The molecule has 2 aromatic heterocycles. The monoisotopic (exact) mass is 308 g/mol. The van der Waals surface area contributed by atoms with Gasteiger partial charge in [-0.15, -0.1) is 0 Å². The Bertz CT molecular complexity index is 558. The van der Waals surface area contributed by atoms with Crippen LogP contribution in [0.2, 0.25) is 0 Å². The Labute approximate surface area is 115 Å². The van der Waals surface area contributed by atoms with Crippen molar-refractivity contribution in [3.63, 3.8) is 0 Å². The fraction of sp³-hybridized carbons (Fsp3) is 0.429. The van der Waals surface area contributed by atoms with Crippen LogP contribution in [0.25, 0.3) is 5.52 Å². The van der Waals surface area contributed by atoms with Gasteiger partial charge in [0.05, 0.1) is 18.2 Å². The predicted octanol–water partition coefficient (Wildman–Crippen LogP) is 2.54. The van der Waals surface area contributed by atoms with Gasteiger partial charge < -0.3 is 14.5 Å². The lowest BCUT2D eigenvalue weighted by molar-refractivity contribution is 0.0285. The zero-order chi connectivity index (χ0) is 12.5. The molecule has 96 valence electrons. The average Bonchev–Trinajstić information content (AvgIpc) is 2.66. The number of rotatable bonds is 2. The van der Waals surface area contributed by atoms with E-state index >= 15 is 0 Å². The molecule has 1 N–H and O–H groups in total. The minimum absolute atomic E-state index is 0.280. The molecule has 0 amide bonds. The number of pyridine rings is 1. The Morgan fingerprint density at radius 2 is 2.39 bits per heavy atom. The first kappa shape index (κ1) is 12.2. The van der Waals surface area contributed by atoms with Crippen molar-refractivity contribution in [1.29, 1.82) is 0 Å². The summed E-state index contributed by atoms with van der Waals surface area (Å²) in [5, 5.41) is 3.38. The Balaban J connectivity index is 1.97. The van der Waals surface area contributed by atoms with E-state index in [1.54, 1.807) is 0 Å². The Kier molecular flexibility index (Phi) is 3.41. The molecule has 1 unspecified atom stereocenters. The van der Waals surface area contributed by atoms with Crippen molar-refractivity contribution in [2.45, 2.75) is 19.4 Å². The molecule has 3 rings (SSSR count). The standard InChI is InChI=1S/C14H17BrN2O/c1-10-13(8-11-9-16-5-7-18-11)17-6-3-2-4-12(17)14(10)15/h2-4,6,11,16H,5,7-9H2,1H3. The number of hydrogen-bond donors (Lipinski definition) is 1. The van der Waals surface area contributed by atoms with Crippen LogP contribution in [0.5, 0.6) is 0 Å². The SMILES string of the molecule is Cc1c(Br)c2ccccn2c1CC1CNCCO1. The summed E-state index contributed by atoms with van der Waals surface area (Å²) in [6.07, 6.45) is 3.36. The van der Waals surface area contributed by atoms with Gasteiger partial charge in [0.25, 0.3) is 0 Å². The lowest BCUT2D eigenvalue weighted by atomic mass is 10.1. The molecular formula is C14H17BrN2O. The van der Waals surface area contributed by atoms with Crippen LogP contribution in [0.15, 0.2) is 28.9 Å². The molecule has 2 aromatic rings. The number of nitrogens with zero attached hydrogens (tertiary/aromatic N) is 1. The Morgan fingerprint density at radius 3 is 3.17 bits per heavy atom. The third-order valence-corrected chi connectivity index (χ3v) is 4.56. The first-order valence-electron chi connectivity index (χ1n) is 6.33. The van der Waals surface area contributed by atoms with Gasteiger partial charge in [-0.1, -0.05) is 6.07 Å². The molecule has 0 saturated carbocycles. The predicted molar refractivity (Wildman–Crippen MR) is 76.1 cm³/mol. The van der Waals surface area contributed by atoms with Crippen LogP contribution in [0.4, 0.5) is 0 Å². The molecule has 0 aliphatic carbocycles. The van der Waals surface area contributed by atoms with E-state index < -0.39 is 0 Å². The van der Waals surface area contributed by atoms with E-state index in [2.05, 4.69) is 57.0 Å². The summed E-state index contributed by atoms with van der Waals surface area (Å²) in [6.45, 7) is 4.89. The van der Waals surface area contributed by atoms with E-state index in [0.717, 1.165) is 26.1 Å². The lowest BCUT2D eigenvalue weighted by Crippen LogP contribution is -2.39. The largest absolute Gasteiger partial charge is 0.375 e. The number of morpholine rings is 1. The van der Waals surface area contributed by atoms with E-state index in [-0.39, 0.29) is 6.10 Å². The topological polar surface area (TPSA) is 25.7 Å². The van der Waals surface area contributed by atoms with Crippen LogP contribution < -0.4 is 5.32 Å². The van der Waals surface area contributed by atoms with Gasteiger partial charge in [-0.2, -0.15) is 0 Å². The van der Waals surface area contributed by atoms with Crippen LogP contribution in [0, 0.1) is 6.92 Å². The number of ether oxygens (including phenoxy) is 1. The second-order valence-corrected chi connectivity index (χ2v) is 5.54. The minimum atomic E-state index is 0.280. The quantitative estimate of drug-likeness (QED) is 0.922. The van der Waals surface area contributed by atoms with Gasteiger partial charge in [0.2, 0.25) is 0 Å². The van der Waals surface area contributed by atoms with Gasteiger partial charge in [-0.25, -0.2) is 0 Å². The average molecular weight is 309 g/mol.